The van der Waals surface area contributed by atoms with Crippen molar-refractivity contribution in [1.29, 1.82) is 0 Å². The fourth-order valence-corrected chi connectivity index (χ4v) is 2.83. The van der Waals surface area contributed by atoms with Gasteiger partial charge in [0.25, 0.3) is 0 Å². The van der Waals surface area contributed by atoms with Gasteiger partial charge in [-0.1, -0.05) is 34.5 Å². The summed E-state index contributed by atoms with van der Waals surface area (Å²) in [6, 6.07) is 5.52. The molecule has 1 heterocycles. The Labute approximate surface area is 141 Å². The van der Waals surface area contributed by atoms with Crippen LogP contribution in [0.4, 0.5) is 10.5 Å². The molecule has 3 rings (SSSR count). The van der Waals surface area contributed by atoms with Gasteiger partial charge in [0, 0.05) is 12.5 Å². The number of hydrogen-bond acceptors (Lipinski definition) is 4. The monoisotopic (exact) mass is 329 g/mol. The number of benzene rings is 1. The quantitative estimate of drug-likeness (QED) is 0.785. The maximum absolute atomic E-state index is 12.1. The lowest BCUT2D eigenvalue weighted by Crippen LogP contribution is -2.32. The maximum Gasteiger partial charge on any atom is 0.319 e. The number of nitrogens with zero attached hydrogens (tertiary/aromatic N) is 1. The molecule has 1 aromatic carbocycles. The molecule has 128 valence electrons. The topological polar surface area (TPSA) is 87.4 Å². The van der Waals surface area contributed by atoms with Gasteiger partial charge < -0.3 is 20.3 Å². The number of aliphatic hydroxyl groups is 1. The van der Waals surface area contributed by atoms with E-state index in [1.165, 1.54) is 0 Å². The summed E-state index contributed by atoms with van der Waals surface area (Å²) in [5.41, 5.74) is 4.29. The van der Waals surface area contributed by atoms with E-state index in [9.17, 15) is 9.90 Å². The summed E-state index contributed by atoms with van der Waals surface area (Å²) in [6.45, 7) is 5.90. The van der Waals surface area contributed by atoms with Crippen molar-refractivity contribution in [1.82, 2.24) is 10.5 Å². The first-order chi connectivity index (χ1) is 11.4. The molecule has 0 saturated heterocycles. The summed E-state index contributed by atoms with van der Waals surface area (Å²) in [5.74, 6) is 1.11. The summed E-state index contributed by atoms with van der Waals surface area (Å²) in [5, 5.41) is 19.7. The number of anilines is 1. The van der Waals surface area contributed by atoms with E-state index in [1.807, 2.05) is 32.0 Å². The highest BCUT2D eigenvalue weighted by Crippen LogP contribution is 2.44. The van der Waals surface area contributed by atoms with Crippen LogP contribution < -0.4 is 10.6 Å². The Hall–Kier alpha value is -2.34. The van der Waals surface area contributed by atoms with E-state index in [2.05, 4.69) is 15.8 Å². The standard InChI is InChI=1S/C18H23N3O3/c1-10-6-11(2)8-14(7-10)15(22)9-19-18(23)20-16-12(3)21-24-17(16)13-4-5-13/h6-8,13,15,22H,4-5,9H2,1-3H3,(H2,19,20,23). The molecule has 0 aliphatic heterocycles. The number of hydrogen-bond donors (Lipinski definition) is 3. The molecule has 6 heteroatoms. The highest BCUT2D eigenvalue weighted by Gasteiger charge is 2.32. The Balaban J connectivity index is 1.58. The average molecular weight is 329 g/mol. The second-order valence-corrected chi connectivity index (χ2v) is 6.55. The fourth-order valence-electron chi connectivity index (χ4n) is 2.83. The summed E-state index contributed by atoms with van der Waals surface area (Å²) in [4.78, 5) is 12.1. The molecule has 1 aliphatic carbocycles. The van der Waals surface area contributed by atoms with Gasteiger partial charge in [0.1, 0.15) is 11.4 Å². The number of urea groups is 1. The molecule has 1 saturated carbocycles. The van der Waals surface area contributed by atoms with Crippen molar-refractivity contribution in [2.75, 3.05) is 11.9 Å². The molecule has 6 nitrogen and oxygen atoms in total. The number of rotatable bonds is 5. The number of nitrogens with one attached hydrogen (secondary N) is 2. The highest BCUT2D eigenvalue weighted by atomic mass is 16.5. The predicted molar refractivity (Wildman–Crippen MR) is 91.1 cm³/mol. The third-order valence-corrected chi connectivity index (χ3v) is 4.16. The normalized spacial score (nSPS) is 15.2. The van der Waals surface area contributed by atoms with Crippen LogP contribution in [0.3, 0.4) is 0 Å². The van der Waals surface area contributed by atoms with E-state index in [0.29, 0.717) is 17.3 Å². The Morgan fingerprint density at radius 3 is 2.58 bits per heavy atom. The molecular weight excluding hydrogens is 306 g/mol. The first-order valence-corrected chi connectivity index (χ1v) is 8.21. The molecule has 1 fully saturated rings. The third-order valence-electron chi connectivity index (χ3n) is 4.16. The molecule has 0 radical (unpaired) electrons. The number of aryl methyl sites for hydroxylation is 3. The molecule has 1 aliphatic rings. The smallest absolute Gasteiger partial charge is 0.319 e. The van der Waals surface area contributed by atoms with Crippen molar-refractivity contribution in [2.45, 2.75) is 45.6 Å². The zero-order chi connectivity index (χ0) is 17.3. The zero-order valence-corrected chi connectivity index (χ0v) is 14.2. The molecule has 1 atom stereocenters. The number of carbonyl (C=O) groups excluding carboxylic acids is 1. The Morgan fingerprint density at radius 1 is 1.29 bits per heavy atom. The number of amides is 2. The molecule has 1 aromatic heterocycles. The van der Waals surface area contributed by atoms with Crippen molar-refractivity contribution < 1.29 is 14.4 Å². The summed E-state index contributed by atoms with van der Waals surface area (Å²) in [6.07, 6.45) is 1.38. The van der Waals surface area contributed by atoms with E-state index >= 15 is 0 Å². The second kappa shape index (κ2) is 6.65. The van der Waals surface area contributed by atoms with Crippen LogP contribution in [0.25, 0.3) is 0 Å². The number of carbonyl (C=O) groups is 1. The number of aromatic nitrogens is 1. The number of aliphatic hydroxyl groups excluding tert-OH is 1. The SMILES string of the molecule is Cc1cc(C)cc(C(O)CNC(=O)Nc2c(C)noc2C2CC2)c1. The molecule has 1 unspecified atom stereocenters. The minimum Gasteiger partial charge on any atom is -0.387 e. The van der Waals surface area contributed by atoms with Crippen LogP contribution in [0.15, 0.2) is 22.7 Å². The van der Waals surface area contributed by atoms with E-state index in [0.717, 1.165) is 35.3 Å². The Morgan fingerprint density at radius 2 is 1.96 bits per heavy atom. The van der Waals surface area contributed by atoms with Gasteiger partial charge in [-0.25, -0.2) is 4.79 Å². The Kier molecular flexibility index (Phi) is 4.57. The fraction of sp³-hybridized carbons (Fsp3) is 0.444. The van der Waals surface area contributed by atoms with Crippen LogP contribution in [-0.4, -0.2) is 22.8 Å². The lowest BCUT2D eigenvalue weighted by Gasteiger charge is -2.14. The molecule has 0 spiro atoms. The van der Waals surface area contributed by atoms with Crippen molar-refractivity contribution in [3.05, 3.63) is 46.3 Å². The van der Waals surface area contributed by atoms with Crippen molar-refractivity contribution in [3.63, 3.8) is 0 Å². The first kappa shape index (κ1) is 16.5. The van der Waals surface area contributed by atoms with Crippen LogP contribution in [0.1, 0.15) is 53.0 Å². The van der Waals surface area contributed by atoms with Gasteiger partial charge in [0.05, 0.1) is 6.10 Å². The van der Waals surface area contributed by atoms with E-state index < -0.39 is 6.10 Å². The first-order valence-electron chi connectivity index (χ1n) is 8.21. The summed E-state index contributed by atoms with van der Waals surface area (Å²) in [7, 11) is 0. The highest BCUT2D eigenvalue weighted by molar-refractivity contribution is 5.90. The van der Waals surface area contributed by atoms with Crippen LogP contribution in [0.2, 0.25) is 0 Å². The molecule has 0 bridgehead atoms. The lowest BCUT2D eigenvalue weighted by molar-refractivity contribution is 0.175. The van der Waals surface area contributed by atoms with Crippen molar-refractivity contribution >= 4 is 11.7 Å². The minimum atomic E-state index is -0.749. The van der Waals surface area contributed by atoms with E-state index in [4.69, 9.17) is 4.52 Å². The van der Waals surface area contributed by atoms with E-state index in [-0.39, 0.29) is 12.6 Å². The van der Waals surface area contributed by atoms with Crippen LogP contribution >= 0.6 is 0 Å². The van der Waals surface area contributed by atoms with E-state index in [1.54, 1.807) is 6.92 Å². The van der Waals surface area contributed by atoms with Gasteiger partial charge in [0.2, 0.25) is 0 Å². The van der Waals surface area contributed by atoms with Crippen LogP contribution in [0.5, 0.6) is 0 Å². The summed E-state index contributed by atoms with van der Waals surface area (Å²) < 4.78 is 5.30. The molecule has 2 aromatic rings. The summed E-state index contributed by atoms with van der Waals surface area (Å²) >= 11 is 0. The van der Waals surface area contributed by atoms with Gasteiger partial charge in [-0.2, -0.15) is 0 Å². The third kappa shape index (κ3) is 3.76. The van der Waals surface area contributed by atoms with Gasteiger partial charge in [0.15, 0.2) is 5.76 Å². The van der Waals surface area contributed by atoms with Gasteiger partial charge >= 0.3 is 6.03 Å². The molecule has 3 N–H and O–H groups in total. The van der Waals surface area contributed by atoms with Gasteiger partial charge in [-0.3, -0.25) is 0 Å². The van der Waals surface area contributed by atoms with Gasteiger partial charge in [-0.15, -0.1) is 0 Å². The van der Waals surface area contributed by atoms with Crippen LogP contribution in [0, 0.1) is 20.8 Å². The zero-order valence-electron chi connectivity index (χ0n) is 14.2. The average Bonchev–Trinajstić information content (AvgIpc) is 3.30. The van der Waals surface area contributed by atoms with Crippen LogP contribution in [-0.2, 0) is 0 Å². The molecule has 2 amide bonds. The van der Waals surface area contributed by atoms with Crippen molar-refractivity contribution in [3.8, 4) is 0 Å². The lowest BCUT2D eigenvalue weighted by atomic mass is 10.0. The predicted octanol–water partition coefficient (Wildman–Crippen LogP) is 3.33. The molecule has 24 heavy (non-hydrogen) atoms. The van der Waals surface area contributed by atoms with Gasteiger partial charge in [-0.05, 0) is 39.2 Å². The second-order valence-electron chi connectivity index (χ2n) is 6.55. The Bertz CT molecular complexity index is 730. The minimum absolute atomic E-state index is 0.137. The molecular formula is C18H23N3O3. The van der Waals surface area contributed by atoms with Crippen molar-refractivity contribution in [2.24, 2.45) is 0 Å². The largest absolute Gasteiger partial charge is 0.387 e. The maximum atomic E-state index is 12.1.